The molecule has 0 aromatic heterocycles. The predicted molar refractivity (Wildman–Crippen MR) is 540 cm³/mol. The summed E-state index contributed by atoms with van der Waals surface area (Å²) in [7, 11) is 6.28. The number of rotatable bonds is 23. The Labute approximate surface area is 864 Å². The molecule has 8 aromatic carbocycles. The lowest BCUT2D eigenvalue weighted by Crippen LogP contribution is -2.85. The number of aliphatic carboxylic acids is 1. The second-order valence-electron chi connectivity index (χ2n) is 43.6. The zero-order valence-electron chi connectivity index (χ0n) is 90.6. The van der Waals surface area contributed by atoms with Crippen molar-refractivity contribution in [2.45, 2.75) is 349 Å². The monoisotopic (exact) mass is 2070 g/mol. The zero-order valence-corrected chi connectivity index (χ0v) is 90.6. The Morgan fingerprint density at radius 1 is 0.318 bits per heavy atom. The van der Waals surface area contributed by atoms with Gasteiger partial charge < -0.3 is 121 Å². The molecule has 8 heterocycles. The lowest BCUT2D eigenvalue weighted by molar-refractivity contribution is -0.461. The van der Waals surface area contributed by atoms with E-state index in [1.165, 1.54) is 24.3 Å². The highest BCUT2D eigenvalue weighted by Gasteiger charge is 2.87. The number of fused-ring (bicyclic) bond motifs is 6. The van der Waals surface area contributed by atoms with Gasteiger partial charge in [0.25, 0.3) is 0 Å². The van der Waals surface area contributed by atoms with Crippen molar-refractivity contribution in [3.63, 3.8) is 0 Å². The van der Waals surface area contributed by atoms with Crippen molar-refractivity contribution < 1.29 is 157 Å². The molecule has 8 aliphatic rings. The molecule has 8 saturated heterocycles. The van der Waals surface area contributed by atoms with Crippen LogP contribution in [-0.2, 0) is 109 Å². The summed E-state index contributed by atoms with van der Waals surface area (Å²) >= 11 is 0. The van der Waals surface area contributed by atoms with Gasteiger partial charge in [0.05, 0.1) is 30.3 Å². The number of methoxy groups -OCH3 is 4. The maximum Gasteiger partial charge on any atom is 0.313 e. The first-order valence-electron chi connectivity index (χ1n) is 49.6. The molecule has 24 atom stereocenters. The van der Waals surface area contributed by atoms with E-state index in [-0.39, 0.29) is 19.8 Å². The molecule has 0 saturated carbocycles. The van der Waals surface area contributed by atoms with Gasteiger partial charge in [-0.2, -0.15) is 0 Å². The average molecular weight is 2070 g/mol. The molecule has 12 unspecified atom stereocenters. The molecular formula is C115H148F4O29. The van der Waals surface area contributed by atoms with Gasteiger partial charge in [-0.3, -0.25) is 19.2 Å². The lowest BCUT2D eigenvalue weighted by atomic mass is 9.60. The summed E-state index contributed by atoms with van der Waals surface area (Å²) in [6.45, 7) is 48.1. The van der Waals surface area contributed by atoms with E-state index in [9.17, 15) is 53.5 Å². The van der Waals surface area contributed by atoms with Gasteiger partial charge in [-0.25, -0.2) is 17.6 Å². The maximum absolute atomic E-state index is 15.0. The third-order valence-corrected chi connectivity index (χ3v) is 32.6. The normalized spacial score (nSPS) is 35.0. The fourth-order valence-electron chi connectivity index (χ4n) is 22.6. The van der Waals surface area contributed by atoms with Crippen molar-refractivity contribution in [1.29, 1.82) is 0 Å². The Hall–Kier alpha value is -9.48. The predicted octanol–water partition coefficient (Wildman–Crippen LogP) is 18.9. The molecule has 0 spiro atoms. The molecule has 8 fully saturated rings. The van der Waals surface area contributed by atoms with Crippen LogP contribution >= 0.6 is 0 Å². The fourth-order valence-corrected chi connectivity index (χ4v) is 22.6. The Kier molecular flexibility index (Phi) is 33.4. The van der Waals surface area contributed by atoms with Crippen LogP contribution in [0.25, 0.3) is 44.5 Å². The van der Waals surface area contributed by atoms with Crippen LogP contribution in [0.15, 0.2) is 194 Å². The molecule has 33 heteroatoms. The molecule has 8 aliphatic heterocycles. The molecule has 0 radical (unpaired) electrons. The lowest BCUT2D eigenvalue weighted by Gasteiger charge is -2.68. The molecule has 0 bridgehead atoms. The standard InChI is InChI=1S/2C32H41FO7.C21H23FO7.C15H13FO2.C15H30O6/c2*1-20(22-16-17-23(24(33)18-22)21-14-12-11-13-15-21)25(34)35-19-28(6)29(7)30(8,37-26(2,3)36-29)31(9)32(10,40-28)39-27(4,5)38-31;1-11(13-7-8-14(15(22)9-13)12-5-3-2-4-6-12)20(26)28-10-16-17(23)18(24)19(25)21(27)29-16;1-10(15(17)18)12-7-8-13(14(16)9-12)11-5-3-2-4-6-11;1-11(10-16)12(2,17-6)13(3,18-7)14(4,19-8)15(5,20-9)21-11/h2*11-18,20H,19H2,1-10H3;2-9,11,16-19,21,23-25,27H,10H2,1H3;2-10H,1H3,(H,17,18);16H,10H2,1-9H3/t2*20?,28?,29-,30+,31?,32+;11?,16?,17-,18-,19?,21-;;11?,12-,13+,14?,15+/m110.1/s1. The van der Waals surface area contributed by atoms with Crippen molar-refractivity contribution in [2.24, 2.45) is 0 Å². The summed E-state index contributed by atoms with van der Waals surface area (Å²) in [5.74, 6) is -14.8. The van der Waals surface area contributed by atoms with Gasteiger partial charge in [0.2, 0.25) is 11.6 Å². The maximum atomic E-state index is 15.0. The number of carboxylic acid groups (broad SMARTS) is 1. The third-order valence-electron chi connectivity index (χ3n) is 32.6. The van der Waals surface area contributed by atoms with Gasteiger partial charge in [0.15, 0.2) is 46.4 Å². The Morgan fingerprint density at radius 3 is 0.885 bits per heavy atom. The SMILES string of the molecule is CC(C(=O)O)c1ccc(-c2ccccc2)c(F)c1.CC(C(=O)OCC1(C)O[C@]2(C)OC(C)(C)OC2(C)[C@@]2(C)OC(C)(C)O[C@]12C)c1ccc(-c2ccccc2)c(F)c1.CC(C(=O)OCC1(C)O[C@]2(C)OC(C)(C)OC2(C)[C@@]2(C)OC(C)(C)O[C@]12C)c1ccc(-c2ccccc2)c(F)c1.CC(C(=O)OCC1O[C@H](O)C(O)[C@@H](O)[C@H]1O)c1ccc(-c2ccccc2)c(F)c1.COC1(C)[C@@](C)(OC)OC(C)(CO)[C@@](C)(OC)[C@]1(C)OC. The van der Waals surface area contributed by atoms with Crippen LogP contribution < -0.4 is 0 Å². The number of ether oxygens (including phenoxy) is 19. The summed E-state index contributed by atoms with van der Waals surface area (Å²) in [5, 5.41) is 57.4. The number of aliphatic hydroxyl groups excluding tert-OH is 5. The summed E-state index contributed by atoms with van der Waals surface area (Å²) < 4.78 is 175. The van der Waals surface area contributed by atoms with Gasteiger partial charge in [-0.1, -0.05) is 170 Å². The Balaban J connectivity index is 0.000000170. The van der Waals surface area contributed by atoms with E-state index in [0.29, 0.717) is 44.5 Å². The molecule has 16 rings (SSSR count). The van der Waals surface area contributed by atoms with E-state index >= 15 is 8.78 Å². The topological polar surface area (TPSA) is 365 Å². The number of carboxylic acids is 1. The minimum absolute atomic E-state index is 0.151. The van der Waals surface area contributed by atoms with E-state index in [1.54, 1.807) is 143 Å². The summed E-state index contributed by atoms with van der Waals surface area (Å²) in [4.78, 5) is 49.9. The number of hydrogen-bond acceptors (Lipinski definition) is 28. The van der Waals surface area contributed by atoms with Crippen LogP contribution in [0.5, 0.6) is 0 Å². The highest BCUT2D eigenvalue weighted by Crippen LogP contribution is 2.70. The van der Waals surface area contributed by atoms with Crippen LogP contribution in [0.4, 0.5) is 17.6 Å². The highest BCUT2D eigenvalue weighted by molar-refractivity contribution is 5.81. The van der Waals surface area contributed by atoms with Crippen LogP contribution in [-0.4, -0.2) is 248 Å². The first-order valence-corrected chi connectivity index (χ1v) is 49.6. The largest absolute Gasteiger partial charge is 0.481 e. The van der Waals surface area contributed by atoms with E-state index in [0.717, 1.165) is 22.3 Å². The van der Waals surface area contributed by atoms with Gasteiger partial charge in [0, 0.05) is 50.7 Å². The number of benzene rings is 8. The van der Waals surface area contributed by atoms with Crippen LogP contribution in [0.3, 0.4) is 0 Å². The quantitative estimate of drug-likeness (QED) is 0.0197. The molecule has 0 aliphatic carbocycles. The van der Waals surface area contributed by atoms with Crippen molar-refractivity contribution in [3.05, 3.63) is 240 Å². The van der Waals surface area contributed by atoms with E-state index in [1.807, 2.05) is 242 Å². The molecular weight excluding hydrogens is 1920 g/mol. The van der Waals surface area contributed by atoms with E-state index in [4.69, 9.17) is 95.1 Å². The van der Waals surface area contributed by atoms with Crippen LogP contribution in [0.2, 0.25) is 0 Å². The Morgan fingerprint density at radius 2 is 0.601 bits per heavy atom. The van der Waals surface area contributed by atoms with Crippen LogP contribution in [0, 0.1) is 23.3 Å². The van der Waals surface area contributed by atoms with Crippen molar-refractivity contribution in [3.8, 4) is 44.5 Å². The van der Waals surface area contributed by atoms with Gasteiger partial charge in [0.1, 0.15) is 124 Å². The van der Waals surface area contributed by atoms with E-state index in [2.05, 4.69) is 0 Å². The van der Waals surface area contributed by atoms with Gasteiger partial charge in [-0.15, -0.1) is 0 Å². The number of carbonyl (C=O) groups is 4. The second kappa shape index (κ2) is 42.2. The first-order chi connectivity index (χ1) is 68.5. The number of aliphatic hydroxyl groups is 5. The molecule has 8 aromatic rings. The number of halogens is 4. The summed E-state index contributed by atoms with van der Waals surface area (Å²) in [6.07, 6.45) is -7.77. The number of esters is 3. The number of hydrogen-bond donors (Lipinski definition) is 6. The minimum Gasteiger partial charge on any atom is -0.481 e. The second-order valence-corrected chi connectivity index (χ2v) is 43.6. The zero-order chi connectivity index (χ0) is 110. The van der Waals surface area contributed by atoms with Gasteiger partial charge >= 0.3 is 23.9 Å². The first kappa shape index (κ1) is 117. The molecule has 6 N–H and O–H groups in total. The average Bonchev–Trinajstić information content (AvgIpc) is 1.47. The van der Waals surface area contributed by atoms with Crippen molar-refractivity contribution in [1.82, 2.24) is 0 Å². The third kappa shape index (κ3) is 20.6. The fraction of sp³-hybridized carbons (Fsp3) is 0.548. The summed E-state index contributed by atoms with van der Waals surface area (Å²) in [6, 6.07) is 55.5. The minimum atomic E-state index is -1.71. The van der Waals surface area contributed by atoms with E-state index < -0.39 is 216 Å². The molecule has 0 amide bonds. The van der Waals surface area contributed by atoms with Crippen molar-refractivity contribution >= 4 is 23.9 Å². The highest BCUT2D eigenvalue weighted by atomic mass is 19.1. The summed E-state index contributed by atoms with van der Waals surface area (Å²) in [5.41, 5.74) is -6.08. The Bertz CT molecular complexity index is 5830. The van der Waals surface area contributed by atoms with Gasteiger partial charge in [-0.05, 0) is 256 Å². The number of carbonyl (C=O) groups excluding carboxylic acids is 3. The van der Waals surface area contributed by atoms with Crippen molar-refractivity contribution in [2.75, 3.05) is 54.9 Å². The molecule has 29 nitrogen and oxygen atoms in total. The van der Waals surface area contributed by atoms with Crippen LogP contribution in [0.1, 0.15) is 233 Å². The smallest absolute Gasteiger partial charge is 0.313 e. The molecule has 810 valence electrons. The molecule has 148 heavy (non-hydrogen) atoms.